The van der Waals surface area contributed by atoms with E-state index < -0.39 is 29.3 Å². The Morgan fingerprint density at radius 1 is 0.871 bits per heavy atom. The van der Waals surface area contributed by atoms with Gasteiger partial charge in [-0.15, -0.1) is 0 Å². The summed E-state index contributed by atoms with van der Waals surface area (Å²) < 4.78 is 44.6. The van der Waals surface area contributed by atoms with E-state index in [1.807, 2.05) is 0 Å². The molecule has 0 bridgehead atoms. The van der Waals surface area contributed by atoms with Crippen LogP contribution in [0.4, 0.5) is 35.0 Å². The highest BCUT2D eigenvalue weighted by Gasteiger charge is 2.31. The van der Waals surface area contributed by atoms with Crippen LogP contribution < -0.4 is 16.0 Å². The van der Waals surface area contributed by atoms with Gasteiger partial charge in [0.2, 0.25) is 5.91 Å². The summed E-state index contributed by atoms with van der Waals surface area (Å²) in [6.45, 7) is 6.18. The number of rotatable bonds is 4. The van der Waals surface area contributed by atoms with Gasteiger partial charge in [0.15, 0.2) is 0 Å². The van der Waals surface area contributed by atoms with Crippen molar-refractivity contribution in [2.75, 3.05) is 16.0 Å². The third-order valence-electron chi connectivity index (χ3n) is 3.68. The Morgan fingerprint density at radius 3 is 2.13 bits per heavy atom. The molecule has 0 heterocycles. The molecule has 3 N–H and O–H groups in total. The third-order valence-corrected chi connectivity index (χ3v) is 3.68. The lowest BCUT2D eigenvalue weighted by Gasteiger charge is -2.21. The van der Waals surface area contributed by atoms with Gasteiger partial charge in [-0.1, -0.05) is 6.07 Å². The van der Waals surface area contributed by atoms with E-state index in [4.69, 9.17) is 4.74 Å². The summed E-state index contributed by atoms with van der Waals surface area (Å²) in [6, 6.07) is 8.36. The highest BCUT2D eigenvalue weighted by atomic mass is 19.4. The third kappa shape index (κ3) is 7.32. The molecule has 0 spiro atoms. The number of amides is 3. The Bertz CT molecular complexity index is 998. The predicted molar refractivity (Wildman–Crippen MR) is 110 cm³/mol. The molecule has 7 nitrogen and oxygen atoms in total. The SMILES string of the molecule is CC(=O)Nc1cccc(C(=O)Nc2cc(C(F)(F)F)ccc2NC(=O)OC(C)(C)C)c1. The summed E-state index contributed by atoms with van der Waals surface area (Å²) >= 11 is 0. The fraction of sp³-hybridized carbons (Fsp3) is 0.286. The second-order valence-electron chi connectivity index (χ2n) is 7.60. The Morgan fingerprint density at radius 2 is 1.55 bits per heavy atom. The Balaban J connectivity index is 2.34. The van der Waals surface area contributed by atoms with Gasteiger partial charge in [-0.3, -0.25) is 14.9 Å². The molecule has 0 unspecified atom stereocenters. The van der Waals surface area contributed by atoms with E-state index in [1.54, 1.807) is 26.8 Å². The number of alkyl halides is 3. The number of ether oxygens (including phenoxy) is 1. The van der Waals surface area contributed by atoms with Gasteiger partial charge < -0.3 is 15.4 Å². The van der Waals surface area contributed by atoms with Crippen molar-refractivity contribution in [3.05, 3.63) is 53.6 Å². The first-order chi connectivity index (χ1) is 14.2. The van der Waals surface area contributed by atoms with Gasteiger partial charge in [-0.25, -0.2) is 4.79 Å². The highest BCUT2D eigenvalue weighted by Crippen LogP contribution is 2.34. The first kappa shape index (κ1) is 23.7. The van der Waals surface area contributed by atoms with Crippen molar-refractivity contribution in [3.63, 3.8) is 0 Å². The van der Waals surface area contributed by atoms with E-state index in [1.165, 1.54) is 25.1 Å². The maximum Gasteiger partial charge on any atom is 0.416 e. The normalized spacial score (nSPS) is 11.5. The number of anilines is 3. The van der Waals surface area contributed by atoms with E-state index >= 15 is 0 Å². The van der Waals surface area contributed by atoms with E-state index in [0.717, 1.165) is 12.1 Å². The van der Waals surface area contributed by atoms with Crippen molar-refractivity contribution in [1.29, 1.82) is 0 Å². The highest BCUT2D eigenvalue weighted by molar-refractivity contribution is 6.07. The van der Waals surface area contributed by atoms with E-state index in [2.05, 4.69) is 16.0 Å². The number of benzene rings is 2. The molecule has 0 aliphatic carbocycles. The zero-order chi connectivity index (χ0) is 23.4. The molecule has 2 aromatic carbocycles. The van der Waals surface area contributed by atoms with Crippen LogP contribution in [-0.4, -0.2) is 23.5 Å². The fourth-order valence-corrected chi connectivity index (χ4v) is 2.48. The first-order valence-corrected chi connectivity index (χ1v) is 9.15. The minimum atomic E-state index is -4.66. The second kappa shape index (κ2) is 9.07. The van der Waals surface area contributed by atoms with E-state index in [-0.39, 0.29) is 22.8 Å². The lowest BCUT2D eigenvalue weighted by molar-refractivity contribution is -0.137. The van der Waals surface area contributed by atoms with Crippen LogP contribution in [0.2, 0.25) is 0 Å². The minimum Gasteiger partial charge on any atom is -0.444 e. The standard InChI is InChI=1S/C21H22F3N3O4/c1-12(28)25-15-7-5-6-13(10-15)18(29)26-17-11-14(21(22,23)24)8-9-16(17)27-19(30)31-20(2,3)4/h5-11H,1-4H3,(H,25,28)(H,26,29)(H,27,30). The van der Waals surface area contributed by atoms with Crippen molar-refractivity contribution < 1.29 is 32.3 Å². The molecule has 2 rings (SSSR count). The largest absolute Gasteiger partial charge is 0.444 e. The fourth-order valence-electron chi connectivity index (χ4n) is 2.48. The Kier molecular flexibility index (Phi) is 6.94. The van der Waals surface area contributed by atoms with E-state index in [0.29, 0.717) is 11.8 Å². The molecule has 10 heteroatoms. The average molecular weight is 437 g/mol. The molecule has 0 aliphatic heterocycles. The van der Waals surface area contributed by atoms with Crippen LogP contribution >= 0.6 is 0 Å². The zero-order valence-electron chi connectivity index (χ0n) is 17.3. The Labute approximate surface area is 177 Å². The maximum atomic E-state index is 13.2. The van der Waals surface area contributed by atoms with Gasteiger partial charge in [-0.2, -0.15) is 13.2 Å². The molecule has 0 fully saturated rings. The number of nitrogens with one attached hydrogen (secondary N) is 3. The first-order valence-electron chi connectivity index (χ1n) is 9.15. The summed E-state index contributed by atoms with van der Waals surface area (Å²) in [5.41, 5.74) is -1.75. The summed E-state index contributed by atoms with van der Waals surface area (Å²) in [7, 11) is 0. The molecule has 31 heavy (non-hydrogen) atoms. The predicted octanol–water partition coefficient (Wildman–Crippen LogP) is 5.26. The van der Waals surface area contributed by atoms with Gasteiger partial charge in [0.25, 0.3) is 5.91 Å². The summed E-state index contributed by atoms with van der Waals surface area (Å²) in [4.78, 5) is 35.9. The van der Waals surface area contributed by atoms with Gasteiger partial charge in [-0.05, 0) is 57.2 Å². The molecule has 0 aromatic heterocycles. The number of hydrogen-bond acceptors (Lipinski definition) is 4. The molecular weight excluding hydrogens is 415 g/mol. The van der Waals surface area contributed by atoms with Crippen molar-refractivity contribution in [2.24, 2.45) is 0 Å². The topological polar surface area (TPSA) is 96.5 Å². The lowest BCUT2D eigenvalue weighted by atomic mass is 10.1. The summed E-state index contributed by atoms with van der Waals surface area (Å²) in [6.07, 6.45) is -5.55. The minimum absolute atomic E-state index is 0.0754. The number of carbonyl (C=O) groups excluding carboxylic acids is 3. The van der Waals surface area contributed by atoms with Crippen LogP contribution in [-0.2, 0) is 15.7 Å². The molecule has 0 aliphatic rings. The molecule has 166 valence electrons. The molecule has 0 radical (unpaired) electrons. The van der Waals surface area contributed by atoms with Crippen LogP contribution in [0.25, 0.3) is 0 Å². The van der Waals surface area contributed by atoms with Crippen molar-refractivity contribution in [1.82, 2.24) is 0 Å². The van der Waals surface area contributed by atoms with E-state index in [9.17, 15) is 27.6 Å². The lowest BCUT2D eigenvalue weighted by Crippen LogP contribution is -2.27. The monoisotopic (exact) mass is 437 g/mol. The van der Waals surface area contributed by atoms with Crippen LogP contribution in [0.5, 0.6) is 0 Å². The Hall–Kier alpha value is -3.56. The van der Waals surface area contributed by atoms with Crippen LogP contribution in [0.15, 0.2) is 42.5 Å². The van der Waals surface area contributed by atoms with Crippen LogP contribution in [0.3, 0.4) is 0 Å². The quantitative estimate of drug-likeness (QED) is 0.608. The maximum absolute atomic E-state index is 13.2. The average Bonchev–Trinajstić information content (AvgIpc) is 2.60. The molecule has 2 aromatic rings. The summed E-state index contributed by atoms with van der Waals surface area (Å²) in [5.74, 6) is -1.09. The molecule has 0 atom stereocenters. The molecule has 0 saturated heterocycles. The van der Waals surface area contributed by atoms with Gasteiger partial charge in [0, 0.05) is 18.2 Å². The second-order valence-corrected chi connectivity index (χ2v) is 7.60. The smallest absolute Gasteiger partial charge is 0.416 e. The van der Waals surface area contributed by atoms with Gasteiger partial charge in [0.1, 0.15) is 5.60 Å². The van der Waals surface area contributed by atoms with Gasteiger partial charge >= 0.3 is 12.3 Å². The summed E-state index contributed by atoms with van der Waals surface area (Å²) in [5, 5.41) is 7.22. The number of hydrogen-bond donors (Lipinski definition) is 3. The van der Waals surface area contributed by atoms with Crippen LogP contribution in [0.1, 0.15) is 43.6 Å². The van der Waals surface area contributed by atoms with Crippen molar-refractivity contribution in [3.8, 4) is 0 Å². The molecular formula is C21H22F3N3O4. The van der Waals surface area contributed by atoms with Crippen molar-refractivity contribution in [2.45, 2.75) is 39.5 Å². The van der Waals surface area contributed by atoms with Crippen LogP contribution in [0, 0.1) is 0 Å². The van der Waals surface area contributed by atoms with Gasteiger partial charge in [0.05, 0.1) is 16.9 Å². The van der Waals surface area contributed by atoms with Crippen molar-refractivity contribution >= 4 is 35.0 Å². The number of carbonyl (C=O) groups is 3. The molecule has 0 saturated carbocycles. The molecule has 3 amide bonds. The zero-order valence-corrected chi connectivity index (χ0v) is 17.3. The number of halogens is 3.